The fraction of sp³-hybridized carbons (Fsp3) is 0.182. The van der Waals surface area contributed by atoms with Crippen LogP contribution in [0.5, 0.6) is 5.75 Å². The number of benzene rings is 1. The van der Waals surface area contributed by atoms with E-state index in [0.29, 0.717) is 23.6 Å². The summed E-state index contributed by atoms with van der Waals surface area (Å²) in [6.45, 7) is 2.51. The van der Waals surface area contributed by atoms with Crippen LogP contribution in [-0.4, -0.2) is 32.1 Å². The van der Waals surface area contributed by atoms with Crippen LogP contribution in [0.15, 0.2) is 60.9 Å². The largest absolute Gasteiger partial charge is 0.493 e. The molecule has 144 valence electrons. The number of carbonyl (C=O) groups excluding carboxylic acids is 1. The zero-order valence-corrected chi connectivity index (χ0v) is 15.9. The molecule has 0 spiro atoms. The van der Waals surface area contributed by atoms with E-state index >= 15 is 0 Å². The SMILES string of the molecule is Cc1ccc(-c2nc3ccc(C(=O)N[C@H]4CCOc5ccccc54)cn3n2)cn1. The van der Waals surface area contributed by atoms with E-state index in [-0.39, 0.29) is 11.9 Å². The number of hydrogen-bond acceptors (Lipinski definition) is 5. The number of hydrogen-bond donors (Lipinski definition) is 1. The highest BCUT2D eigenvalue weighted by Gasteiger charge is 2.23. The smallest absolute Gasteiger partial charge is 0.253 e. The van der Waals surface area contributed by atoms with Gasteiger partial charge in [-0.3, -0.25) is 9.78 Å². The number of aromatic nitrogens is 4. The summed E-state index contributed by atoms with van der Waals surface area (Å²) in [5.41, 5.74) is 3.98. The summed E-state index contributed by atoms with van der Waals surface area (Å²) in [5.74, 6) is 1.25. The number of carbonyl (C=O) groups is 1. The van der Waals surface area contributed by atoms with Crippen LogP contribution >= 0.6 is 0 Å². The second kappa shape index (κ2) is 7.01. The van der Waals surface area contributed by atoms with Crippen molar-refractivity contribution in [3.63, 3.8) is 0 Å². The van der Waals surface area contributed by atoms with Crippen molar-refractivity contribution in [1.82, 2.24) is 24.9 Å². The van der Waals surface area contributed by atoms with Gasteiger partial charge in [-0.2, -0.15) is 0 Å². The maximum Gasteiger partial charge on any atom is 0.253 e. The Morgan fingerprint density at radius 1 is 1.17 bits per heavy atom. The Morgan fingerprint density at radius 3 is 2.93 bits per heavy atom. The molecule has 0 radical (unpaired) electrons. The van der Waals surface area contributed by atoms with Gasteiger partial charge in [-0.15, -0.1) is 5.10 Å². The van der Waals surface area contributed by atoms with Crippen molar-refractivity contribution in [2.75, 3.05) is 6.61 Å². The molecule has 3 aromatic heterocycles. The molecule has 0 unspecified atom stereocenters. The van der Waals surface area contributed by atoms with Crippen LogP contribution in [0.4, 0.5) is 0 Å². The maximum atomic E-state index is 12.9. The van der Waals surface area contributed by atoms with Gasteiger partial charge in [-0.25, -0.2) is 9.50 Å². The third-order valence-electron chi connectivity index (χ3n) is 5.03. The van der Waals surface area contributed by atoms with Gasteiger partial charge in [0.15, 0.2) is 11.5 Å². The number of aryl methyl sites for hydroxylation is 1. The van der Waals surface area contributed by atoms with Gasteiger partial charge in [0.05, 0.1) is 18.2 Å². The number of nitrogens with one attached hydrogen (secondary N) is 1. The summed E-state index contributed by atoms with van der Waals surface area (Å²) in [4.78, 5) is 21.7. The average molecular weight is 385 g/mol. The third-order valence-corrected chi connectivity index (χ3v) is 5.03. The Morgan fingerprint density at radius 2 is 2.07 bits per heavy atom. The molecule has 1 aromatic carbocycles. The molecule has 29 heavy (non-hydrogen) atoms. The van der Waals surface area contributed by atoms with E-state index in [0.717, 1.165) is 29.0 Å². The summed E-state index contributed by atoms with van der Waals surface area (Å²) >= 11 is 0. The molecule has 1 N–H and O–H groups in total. The van der Waals surface area contributed by atoms with Crippen LogP contribution in [0.2, 0.25) is 0 Å². The van der Waals surface area contributed by atoms with Crippen molar-refractivity contribution < 1.29 is 9.53 Å². The molecule has 4 heterocycles. The minimum absolute atomic E-state index is 0.0758. The molecule has 1 atom stereocenters. The van der Waals surface area contributed by atoms with Crippen LogP contribution in [-0.2, 0) is 0 Å². The monoisotopic (exact) mass is 385 g/mol. The van der Waals surface area contributed by atoms with Gasteiger partial charge in [0, 0.05) is 35.6 Å². The van der Waals surface area contributed by atoms with Crippen LogP contribution < -0.4 is 10.1 Å². The van der Waals surface area contributed by atoms with E-state index in [4.69, 9.17) is 4.74 Å². The van der Waals surface area contributed by atoms with E-state index in [9.17, 15) is 4.79 Å². The highest BCUT2D eigenvalue weighted by molar-refractivity contribution is 5.94. The van der Waals surface area contributed by atoms with Crippen LogP contribution in [0.3, 0.4) is 0 Å². The quantitative estimate of drug-likeness (QED) is 0.585. The highest BCUT2D eigenvalue weighted by atomic mass is 16.5. The number of rotatable bonds is 3. The first-order valence-corrected chi connectivity index (χ1v) is 9.49. The molecule has 1 aliphatic heterocycles. The standard InChI is InChI=1S/C22H19N5O2/c1-14-6-7-15(12-23-14)21-25-20-9-8-16(13-27(20)26-21)22(28)24-18-10-11-29-19-5-3-2-4-17(18)19/h2-9,12-13,18H,10-11H2,1H3,(H,24,28)/t18-/m0/s1. The van der Waals surface area contributed by atoms with Gasteiger partial charge in [-0.05, 0) is 37.3 Å². The molecule has 7 heteroatoms. The van der Waals surface area contributed by atoms with Crippen LogP contribution in [0.1, 0.15) is 34.1 Å². The van der Waals surface area contributed by atoms with Crippen molar-refractivity contribution in [1.29, 1.82) is 0 Å². The topological polar surface area (TPSA) is 81.4 Å². The molecular formula is C22H19N5O2. The van der Waals surface area contributed by atoms with Crippen molar-refractivity contribution >= 4 is 11.6 Å². The zero-order chi connectivity index (χ0) is 19.8. The minimum atomic E-state index is -0.150. The summed E-state index contributed by atoms with van der Waals surface area (Å²) < 4.78 is 7.30. The second-order valence-electron chi connectivity index (χ2n) is 7.05. The van der Waals surface area contributed by atoms with Gasteiger partial charge < -0.3 is 10.1 Å². The van der Waals surface area contributed by atoms with Gasteiger partial charge in [0.25, 0.3) is 5.91 Å². The molecule has 5 rings (SSSR count). The van der Waals surface area contributed by atoms with E-state index in [1.54, 1.807) is 29.0 Å². The first kappa shape index (κ1) is 17.4. The predicted molar refractivity (Wildman–Crippen MR) is 108 cm³/mol. The Labute approximate surface area is 167 Å². The molecule has 4 aromatic rings. The molecule has 1 aliphatic rings. The minimum Gasteiger partial charge on any atom is -0.493 e. The molecule has 0 saturated heterocycles. The Balaban J connectivity index is 1.40. The first-order valence-electron chi connectivity index (χ1n) is 9.49. The maximum absolute atomic E-state index is 12.9. The van der Waals surface area contributed by atoms with E-state index in [1.165, 1.54) is 0 Å². The van der Waals surface area contributed by atoms with E-state index in [1.807, 2.05) is 43.3 Å². The highest BCUT2D eigenvalue weighted by Crippen LogP contribution is 2.31. The molecule has 7 nitrogen and oxygen atoms in total. The number of para-hydroxylation sites is 1. The molecular weight excluding hydrogens is 366 g/mol. The summed E-state index contributed by atoms with van der Waals surface area (Å²) in [6, 6.07) is 15.1. The third kappa shape index (κ3) is 3.31. The number of nitrogens with zero attached hydrogens (tertiary/aromatic N) is 4. The molecule has 0 bridgehead atoms. The number of ether oxygens (including phenoxy) is 1. The van der Waals surface area contributed by atoms with Gasteiger partial charge in [0.1, 0.15) is 5.75 Å². The summed E-state index contributed by atoms with van der Waals surface area (Å²) in [5, 5.41) is 7.61. The van der Waals surface area contributed by atoms with Crippen molar-refractivity contribution in [2.45, 2.75) is 19.4 Å². The van der Waals surface area contributed by atoms with Gasteiger partial charge in [0.2, 0.25) is 0 Å². The number of amides is 1. The number of pyridine rings is 2. The van der Waals surface area contributed by atoms with E-state index in [2.05, 4.69) is 20.4 Å². The fourth-order valence-corrected chi connectivity index (χ4v) is 3.47. The number of fused-ring (bicyclic) bond motifs is 2. The lowest BCUT2D eigenvalue weighted by molar-refractivity contribution is 0.0924. The van der Waals surface area contributed by atoms with Gasteiger partial charge in [-0.1, -0.05) is 18.2 Å². The normalized spacial score (nSPS) is 15.6. The Kier molecular flexibility index (Phi) is 4.20. The van der Waals surface area contributed by atoms with Crippen LogP contribution in [0, 0.1) is 6.92 Å². The van der Waals surface area contributed by atoms with Crippen molar-refractivity contribution in [2.24, 2.45) is 0 Å². The Hall–Kier alpha value is -3.74. The summed E-state index contributed by atoms with van der Waals surface area (Å²) in [6.07, 6.45) is 4.19. The van der Waals surface area contributed by atoms with Crippen molar-refractivity contribution in [3.05, 3.63) is 77.7 Å². The lowest BCUT2D eigenvalue weighted by Crippen LogP contribution is -2.32. The van der Waals surface area contributed by atoms with Crippen LogP contribution in [0.25, 0.3) is 17.0 Å². The Bertz CT molecular complexity index is 1200. The molecule has 1 amide bonds. The zero-order valence-electron chi connectivity index (χ0n) is 15.9. The fourth-order valence-electron chi connectivity index (χ4n) is 3.47. The molecule has 0 saturated carbocycles. The lowest BCUT2D eigenvalue weighted by atomic mass is 10.0. The van der Waals surface area contributed by atoms with E-state index < -0.39 is 0 Å². The molecule has 0 aliphatic carbocycles. The second-order valence-corrected chi connectivity index (χ2v) is 7.05. The molecule has 0 fully saturated rings. The lowest BCUT2D eigenvalue weighted by Gasteiger charge is -2.26. The first-order chi connectivity index (χ1) is 14.2. The summed E-state index contributed by atoms with van der Waals surface area (Å²) in [7, 11) is 0. The van der Waals surface area contributed by atoms with Gasteiger partial charge >= 0.3 is 0 Å². The average Bonchev–Trinajstić information content (AvgIpc) is 3.18. The van der Waals surface area contributed by atoms with Crippen molar-refractivity contribution in [3.8, 4) is 17.1 Å². The predicted octanol–water partition coefficient (Wildman–Crippen LogP) is 3.35.